The number of ether oxygens (including phenoxy) is 2. The second-order valence-electron chi connectivity index (χ2n) is 6.95. The van der Waals surface area contributed by atoms with Crippen molar-refractivity contribution >= 4 is 17.8 Å². The van der Waals surface area contributed by atoms with E-state index in [0.717, 1.165) is 17.6 Å². The van der Waals surface area contributed by atoms with E-state index in [4.69, 9.17) is 20.3 Å². The summed E-state index contributed by atoms with van der Waals surface area (Å²) in [5.74, 6) is -0.717. The lowest BCUT2D eigenvalue weighted by Crippen LogP contribution is -2.22. The van der Waals surface area contributed by atoms with Crippen LogP contribution in [0, 0.1) is 5.92 Å². The molecule has 3 N–H and O–H groups in total. The zero-order chi connectivity index (χ0) is 21.5. The van der Waals surface area contributed by atoms with Crippen LogP contribution in [0.15, 0.2) is 47.6 Å². The lowest BCUT2D eigenvalue weighted by Gasteiger charge is -2.14. The number of methoxy groups -OCH3 is 1. The number of unbranched alkanes of at least 4 members (excludes halogenated alkanes) is 2. The molecule has 1 unspecified atom stereocenters. The van der Waals surface area contributed by atoms with Crippen LogP contribution < -0.4 is 5.73 Å². The van der Waals surface area contributed by atoms with Crippen LogP contribution in [0.3, 0.4) is 0 Å². The molecule has 0 heterocycles. The summed E-state index contributed by atoms with van der Waals surface area (Å²) in [5.41, 5.74) is 8.96. The molecular weight excluding hydrogens is 368 g/mol. The van der Waals surface area contributed by atoms with E-state index in [1.807, 2.05) is 0 Å². The van der Waals surface area contributed by atoms with Gasteiger partial charge in [0.05, 0.1) is 25.4 Å². The molecule has 1 aromatic carbocycles. The second kappa shape index (κ2) is 14.5. The number of nitrogens with zero attached hydrogens (tertiary/aromatic N) is 1. The minimum Gasteiger partial charge on any atom is -0.462 e. The summed E-state index contributed by atoms with van der Waals surface area (Å²) in [6.07, 6.45) is 8.01. The van der Waals surface area contributed by atoms with Gasteiger partial charge in [-0.15, -0.1) is 0 Å². The molecule has 1 atom stereocenters. The van der Waals surface area contributed by atoms with Crippen LogP contribution in [0.1, 0.15) is 37.3 Å². The van der Waals surface area contributed by atoms with E-state index in [1.165, 1.54) is 31.0 Å². The van der Waals surface area contributed by atoms with Crippen LogP contribution in [0.4, 0.5) is 0 Å². The molecule has 29 heavy (non-hydrogen) atoms. The highest BCUT2D eigenvalue weighted by atomic mass is 16.5. The van der Waals surface area contributed by atoms with Gasteiger partial charge in [0.2, 0.25) is 0 Å². The molecule has 0 aliphatic rings. The summed E-state index contributed by atoms with van der Waals surface area (Å²) < 4.78 is 10.3. The van der Waals surface area contributed by atoms with Gasteiger partial charge in [0, 0.05) is 37.6 Å². The summed E-state index contributed by atoms with van der Waals surface area (Å²) in [6.45, 7) is 6.17. The number of aliphatic hydroxyl groups is 1. The van der Waals surface area contributed by atoms with Gasteiger partial charge < -0.3 is 20.3 Å². The number of aliphatic hydroxyl groups excluding tert-OH is 1. The van der Waals surface area contributed by atoms with Crippen molar-refractivity contribution in [3.05, 3.63) is 53.7 Å². The topological polar surface area (TPSA) is 94.1 Å². The van der Waals surface area contributed by atoms with Gasteiger partial charge in [0.25, 0.3) is 0 Å². The van der Waals surface area contributed by atoms with Crippen molar-refractivity contribution in [2.75, 3.05) is 33.5 Å². The van der Waals surface area contributed by atoms with Crippen molar-refractivity contribution in [3.63, 3.8) is 0 Å². The van der Waals surface area contributed by atoms with Gasteiger partial charge in [-0.1, -0.05) is 50.6 Å². The monoisotopic (exact) mass is 402 g/mol. The van der Waals surface area contributed by atoms with Crippen molar-refractivity contribution in [2.24, 2.45) is 16.6 Å². The maximum Gasteiger partial charge on any atom is 0.335 e. The van der Waals surface area contributed by atoms with Crippen LogP contribution in [-0.4, -0.2) is 50.8 Å². The minimum atomic E-state index is -0.612. The fourth-order valence-electron chi connectivity index (χ4n) is 2.71. The fourth-order valence-corrected chi connectivity index (χ4v) is 2.71. The van der Waals surface area contributed by atoms with E-state index in [9.17, 15) is 4.79 Å². The van der Waals surface area contributed by atoms with Gasteiger partial charge in [0.15, 0.2) is 0 Å². The number of carbonyl (C=O) groups excluding carboxylic acids is 1. The van der Waals surface area contributed by atoms with E-state index in [-0.39, 0.29) is 18.1 Å². The molecular formula is C23H34N2O4. The molecule has 0 fully saturated rings. The molecule has 0 aromatic heterocycles. The molecule has 0 aliphatic carbocycles. The van der Waals surface area contributed by atoms with E-state index in [0.29, 0.717) is 13.2 Å². The van der Waals surface area contributed by atoms with Crippen LogP contribution in [0.2, 0.25) is 0 Å². The summed E-state index contributed by atoms with van der Waals surface area (Å²) in [7, 11) is 1.58. The molecule has 0 radical (unpaired) electrons. The Morgan fingerprint density at radius 2 is 2.00 bits per heavy atom. The number of aryl methyl sites for hydroxylation is 1. The lowest BCUT2D eigenvalue weighted by molar-refractivity contribution is -0.141. The molecule has 0 spiro atoms. The highest BCUT2D eigenvalue weighted by molar-refractivity contribution is 6.09. The number of rotatable bonds is 14. The highest BCUT2D eigenvalue weighted by Gasteiger charge is 2.13. The highest BCUT2D eigenvalue weighted by Crippen LogP contribution is 2.15. The molecule has 1 rings (SSSR count). The average Bonchev–Trinajstić information content (AvgIpc) is 2.75. The van der Waals surface area contributed by atoms with E-state index in [1.54, 1.807) is 13.3 Å². The predicted molar refractivity (Wildman–Crippen MR) is 118 cm³/mol. The van der Waals surface area contributed by atoms with Crippen LogP contribution in [0.25, 0.3) is 5.57 Å². The van der Waals surface area contributed by atoms with Gasteiger partial charge in [-0.25, -0.2) is 4.79 Å². The zero-order valence-electron chi connectivity index (χ0n) is 17.6. The normalized spacial score (nSPS) is 12.9. The standard InChI is InChI=1S/C23H34N2O4/c1-4-5-6-7-19-8-10-21(11-9-19)22(12-24)14-25-13-20(16-28-3)17-29-23(27)18(2)15-26/h8-12,14,20,26H,2,4-7,13,15-17,24H2,1,3H3/b22-12+,25-14?. The SMILES string of the molecule is C=C(CO)C(=O)OCC(CN=C/C(=C\N)c1ccc(CCCCC)cc1)COC. The number of nitrogens with two attached hydrogens (primary N) is 1. The van der Waals surface area contributed by atoms with Crippen molar-refractivity contribution in [2.45, 2.75) is 32.6 Å². The third-order valence-electron chi connectivity index (χ3n) is 4.46. The minimum absolute atomic E-state index is 0.0242. The maximum atomic E-state index is 11.6. The molecule has 1 aromatic rings. The summed E-state index contributed by atoms with van der Waals surface area (Å²) >= 11 is 0. The number of aliphatic imine (C=N–C) groups is 1. The number of hydrogen-bond donors (Lipinski definition) is 2. The number of hydrogen-bond acceptors (Lipinski definition) is 6. The largest absolute Gasteiger partial charge is 0.462 e. The Kier molecular flexibility index (Phi) is 12.3. The lowest BCUT2D eigenvalue weighted by atomic mass is 10.0. The van der Waals surface area contributed by atoms with Crippen LogP contribution in [0.5, 0.6) is 0 Å². The third-order valence-corrected chi connectivity index (χ3v) is 4.46. The predicted octanol–water partition coefficient (Wildman–Crippen LogP) is 3.14. The fraction of sp³-hybridized carbons (Fsp3) is 0.478. The number of allylic oxidation sites excluding steroid dienone is 1. The molecule has 6 heteroatoms. The smallest absolute Gasteiger partial charge is 0.335 e. The van der Waals surface area contributed by atoms with Gasteiger partial charge in [-0.3, -0.25) is 4.99 Å². The van der Waals surface area contributed by atoms with Crippen molar-refractivity contribution in [1.82, 2.24) is 0 Å². The molecule has 0 saturated carbocycles. The Bertz CT molecular complexity index is 681. The summed E-state index contributed by atoms with van der Waals surface area (Å²) in [6, 6.07) is 8.37. The van der Waals surface area contributed by atoms with Crippen molar-refractivity contribution in [3.8, 4) is 0 Å². The first-order chi connectivity index (χ1) is 14.0. The van der Waals surface area contributed by atoms with Crippen LogP contribution >= 0.6 is 0 Å². The Hall–Kier alpha value is -2.44. The summed E-state index contributed by atoms with van der Waals surface area (Å²) in [5, 5.41) is 8.92. The first-order valence-corrected chi connectivity index (χ1v) is 10.0. The Balaban J connectivity index is 2.62. The van der Waals surface area contributed by atoms with Gasteiger partial charge in [-0.2, -0.15) is 0 Å². The molecule has 0 aliphatic heterocycles. The molecule has 160 valence electrons. The molecule has 0 amide bonds. The van der Waals surface area contributed by atoms with E-state index in [2.05, 4.69) is 42.8 Å². The van der Waals surface area contributed by atoms with Gasteiger partial charge >= 0.3 is 5.97 Å². The quantitative estimate of drug-likeness (QED) is 0.216. The van der Waals surface area contributed by atoms with E-state index >= 15 is 0 Å². The number of benzene rings is 1. The van der Waals surface area contributed by atoms with Gasteiger partial charge in [0.1, 0.15) is 0 Å². The van der Waals surface area contributed by atoms with Crippen molar-refractivity contribution < 1.29 is 19.4 Å². The van der Waals surface area contributed by atoms with Crippen molar-refractivity contribution in [1.29, 1.82) is 0 Å². The first kappa shape index (κ1) is 24.6. The van der Waals surface area contributed by atoms with E-state index < -0.39 is 12.6 Å². The first-order valence-electron chi connectivity index (χ1n) is 10.0. The molecule has 0 saturated heterocycles. The number of esters is 1. The van der Waals surface area contributed by atoms with Crippen LogP contribution in [-0.2, 0) is 20.7 Å². The Labute approximate surface area is 174 Å². The Morgan fingerprint density at radius 3 is 2.59 bits per heavy atom. The zero-order valence-corrected chi connectivity index (χ0v) is 17.6. The molecule has 0 bridgehead atoms. The second-order valence-corrected chi connectivity index (χ2v) is 6.95. The third kappa shape index (κ3) is 9.54. The maximum absolute atomic E-state index is 11.6. The Morgan fingerprint density at radius 1 is 1.28 bits per heavy atom. The van der Waals surface area contributed by atoms with Gasteiger partial charge in [-0.05, 0) is 24.0 Å². The average molecular weight is 403 g/mol. The number of carbonyl (C=O) groups is 1. The summed E-state index contributed by atoms with van der Waals surface area (Å²) in [4.78, 5) is 16.1. The molecule has 6 nitrogen and oxygen atoms in total.